The molecule has 1 atom stereocenters. The highest BCUT2D eigenvalue weighted by Crippen LogP contribution is 2.33. The van der Waals surface area contributed by atoms with Gasteiger partial charge < -0.3 is 19.9 Å². The predicted octanol–water partition coefficient (Wildman–Crippen LogP) is 3.48. The Morgan fingerprint density at radius 2 is 1.88 bits per heavy atom. The molecule has 2 amide bonds. The molecule has 0 aromatic heterocycles. The number of benzene rings is 1. The monoisotopic (exact) mass is 347 g/mol. The molecule has 1 saturated heterocycles. The molecule has 0 aliphatic carbocycles. The number of amides is 2. The molecular formula is C19H29N3O3. The van der Waals surface area contributed by atoms with Crippen LogP contribution in [0.1, 0.15) is 41.0 Å². The molecule has 0 radical (unpaired) electrons. The van der Waals surface area contributed by atoms with Crippen LogP contribution in [0.4, 0.5) is 16.2 Å². The SMILES string of the molecule is CC.CC(C)(C)OC(=O)N1CCN2c3ccccc3NC(=O)CC2C1. The number of rotatable bonds is 0. The van der Waals surface area contributed by atoms with Crippen LogP contribution >= 0.6 is 0 Å². The van der Waals surface area contributed by atoms with E-state index in [2.05, 4.69) is 10.2 Å². The maximum absolute atomic E-state index is 12.3. The average molecular weight is 347 g/mol. The Balaban J connectivity index is 0.00000109. The largest absolute Gasteiger partial charge is 0.444 e. The molecule has 0 spiro atoms. The topological polar surface area (TPSA) is 61.9 Å². The van der Waals surface area contributed by atoms with Gasteiger partial charge in [0.1, 0.15) is 5.60 Å². The number of piperazine rings is 1. The number of para-hydroxylation sites is 2. The molecule has 3 rings (SSSR count). The Kier molecular flexibility index (Phi) is 5.93. The van der Waals surface area contributed by atoms with Crippen molar-refractivity contribution < 1.29 is 14.3 Å². The highest BCUT2D eigenvalue weighted by molar-refractivity contribution is 5.96. The van der Waals surface area contributed by atoms with E-state index in [-0.39, 0.29) is 18.0 Å². The molecule has 0 saturated carbocycles. The number of hydrogen-bond donors (Lipinski definition) is 1. The number of hydrogen-bond acceptors (Lipinski definition) is 4. The van der Waals surface area contributed by atoms with Crippen LogP contribution in [0.25, 0.3) is 0 Å². The number of anilines is 2. The lowest BCUT2D eigenvalue weighted by molar-refractivity contribution is -0.116. The number of ether oxygens (including phenoxy) is 1. The Morgan fingerprint density at radius 3 is 2.56 bits per heavy atom. The van der Waals surface area contributed by atoms with Gasteiger partial charge in [0.2, 0.25) is 5.91 Å². The first-order valence-corrected chi connectivity index (χ1v) is 8.97. The first-order chi connectivity index (χ1) is 11.8. The molecule has 2 aliphatic heterocycles. The summed E-state index contributed by atoms with van der Waals surface area (Å²) < 4.78 is 5.45. The van der Waals surface area contributed by atoms with E-state index >= 15 is 0 Å². The third-order valence-corrected chi connectivity index (χ3v) is 4.04. The van der Waals surface area contributed by atoms with Gasteiger partial charge in [0.05, 0.1) is 17.4 Å². The molecule has 0 bridgehead atoms. The summed E-state index contributed by atoms with van der Waals surface area (Å²) in [5.74, 6) is -0.0176. The fourth-order valence-electron chi connectivity index (χ4n) is 3.08. The van der Waals surface area contributed by atoms with E-state index < -0.39 is 5.60 Å². The summed E-state index contributed by atoms with van der Waals surface area (Å²) in [6.07, 6.45) is 0.0589. The Morgan fingerprint density at radius 1 is 1.20 bits per heavy atom. The molecule has 2 heterocycles. The molecule has 1 aromatic carbocycles. The molecule has 25 heavy (non-hydrogen) atoms. The zero-order valence-electron chi connectivity index (χ0n) is 15.8. The van der Waals surface area contributed by atoms with Crippen molar-refractivity contribution in [1.29, 1.82) is 0 Å². The minimum Gasteiger partial charge on any atom is -0.444 e. The normalized spacial score (nSPS) is 19.6. The smallest absolute Gasteiger partial charge is 0.410 e. The molecular weight excluding hydrogens is 318 g/mol. The van der Waals surface area contributed by atoms with Gasteiger partial charge in [0, 0.05) is 26.1 Å². The molecule has 138 valence electrons. The average Bonchev–Trinajstić information content (AvgIpc) is 2.69. The van der Waals surface area contributed by atoms with Crippen LogP contribution in [0, 0.1) is 0 Å². The van der Waals surface area contributed by atoms with Gasteiger partial charge in [-0.1, -0.05) is 26.0 Å². The Labute approximate surface area is 150 Å². The van der Waals surface area contributed by atoms with Gasteiger partial charge in [-0.3, -0.25) is 4.79 Å². The number of nitrogens with one attached hydrogen (secondary N) is 1. The van der Waals surface area contributed by atoms with Crippen molar-refractivity contribution >= 4 is 23.4 Å². The van der Waals surface area contributed by atoms with Crippen molar-refractivity contribution in [3.63, 3.8) is 0 Å². The van der Waals surface area contributed by atoms with E-state index in [9.17, 15) is 9.59 Å². The van der Waals surface area contributed by atoms with Crippen LogP contribution in [-0.2, 0) is 9.53 Å². The van der Waals surface area contributed by atoms with Gasteiger partial charge in [0.15, 0.2) is 0 Å². The van der Waals surface area contributed by atoms with Crippen LogP contribution in [0.15, 0.2) is 24.3 Å². The zero-order valence-corrected chi connectivity index (χ0v) is 15.8. The fourth-order valence-corrected chi connectivity index (χ4v) is 3.08. The number of carbonyl (C=O) groups excluding carboxylic acids is 2. The van der Waals surface area contributed by atoms with Crippen LogP contribution in [0.2, 0.25) is 0 Å². The summed E-state index contributed by atoms with van der Waals surface area (Å²) in [5.41, 5.74) is 1.35. The van der Waals surface area contributed by atoms with E-state index in [1.54, 1.807) is 4.90 Å². The Hall–Kier alpha value is -2.24. The summed E-state index contributed by atoms with van der Waals surface area (Å²) in [4.78, 5) is 28.3. The van der Waals surface area contributed by atoms with Crippen molar-refractivity contribution in [3.8, 4) is 0 Å². The first-order valence-electron chi connectivity index (χ1n) is 8.97. The van der Waals surface area contributed by atoms with E-state index in [1.165, 1.54) is 0 Å². The lowest BCUT2D eigenvalue weighted by atomic mass is 10.1. The van der Waals surface area contributed by atoms with Gasteiger partial charge in [-0.2, -0.15) is 0 Å². The molecule has 1 fully saturated rings. The van der Waals surface area contributed by atoms with Gasteiger partial charge in [-0.15, -0.1) is 0 Å². The zero-order chi connectivity index (χ0) is 18.6. The van der Waals surface area contributed by atoms with E-state index in [4.69, 9.17) is 4.74 Å². The molecule has 2 aliphatic rings. The minimum atomic E-state index is -0.512. The molecule has 1 aromatic rings. The Bertz CT molecular complexity index is 625. The first kappa shape index (κ1) is 19.1. The number of fused-ring (bicyclic) bond motifs is 3. The minimum absolute atomic E-state index is 0.0176. The second-order valence-corrected chi connectivity index (χ2v) is 7.04. The van der Waals surface area contributed by atoms with E-state index in [1.807, 2.05) is 58.9 Å². The number of nitrogens with zero attached hydrogens (tertiary/aromatic N) is 2. The van der Waals surface area contributed by atoms with Crippen molar-refractivity contribution in [2.24, 2.45) is 0 Å². The third kappa shape index (κ3) is 4.65. The van der Waals surface area contributed by atoms with Gasteiger partial charge in [-0.05, 0) is 32.9 Å². The van der Waals surface area contributed by atoms with Crippen LogP contribution in [-0.4, -0.2) is 48.2 Å². The fraction of sp³-hybridized carbons (Fsp3) is 0.579. The van der Waals surface area contributed by atoms with Gasteiger partial charge >= 0.3 is 6.09 Å². The van der Waals surface area contributed by atoms with Gasteiger partial charge in [0.25, 0.3) is 0 Å². The lowest BCUT2D eigenvalue weighted by Crippen LogP contribution is -2.55. The second kappa shape index (κ2) is 7.76. The van der Waals surface area contributed by atoms with Crippen molar-refractivity contribution in [2.45, 2.75) is 52.7 Å². The quantitative estimate of drug-likeness (QED) is 0.780. The van der Waals surface area contributed by atoms with E-state index in [0.717, 1.165) is 11.4 Å². The molecule has 1 unspecified atom stereocenters. The maximum atomic E-state index is 12.3. The molecule has 6 heteroatoms. The van der Waals surface area contributed by atoms with Crippen LogP contribution in [0.5, 0.6) is 0 Å². The van der Waals surface area contributed by atoms with Crippen molar-refractivity contribution in [1.82, 2.24) is 4.90 Å². The van der Waals surface area contributed by atoms with Crippen LogP contribution in [0.3, 0.4) is 0 Å². The molecule has 6 nitrogen and oxygen atoms in total. The highest BCUT2D eigenvalue weighted by Gasteiger charge is 2.35. The molecule has 1 N–H and O–H groups in total. The standard InChI is InChI=1S/C17H23N3O3.C2H6/c1-17(2,3)23-16(22)19-8-9-20-12(11-19)10-15(21)18-13-6-4-5-7-14(13)20;1-2/h4-7,12H,8-11H2,1-3H3,(H,18,21);1-2H3. The third-order valence-electron chi connectivity index (χ3n) is 4.04. The highest BCUT2D eigenvalue weighted by atomic mass is 16.6. The lowest BCUT2D eigenvalue weighted by Gasteiger charge is -2.42. The summed E-state index contributed by atoms with van der Waals surface area (Å²) in [5, 5.41) is 2.95. The van der Waals surface area contributed by atoms with Crippen LogP contribution < -0.4 is 10.2 Å². The van der Waals surface area contributed by atoms with Gasteiger partial charge in [-0.25, -0.2) is 4.79 Å². The summed E-state index contributed by atoms with van der Waals surface area (Å²) in [6, 6.07) is 7.77. The van der Waals surface area contributed by atoms with Crippen molar-refractivity contribution in [2.75, 3.05) is 29.9 Å². The predicted molar refractivity (Wildman–Crippen MR) is 100.0 cm³/mol. The summed E-state index contributed by atoms with van der Waals surface area (Å²) in [6.45, 7) is 11.4. The second-order valence-electron chi connectivity index (χ2n) is 7.04. The van der Waals surface area contributed by atoms with Crippen molar-refractivity contribution in [3.05, 3.63) is 24.3 Å². The number of carbonyl (C=O) groups is 2. The maximum Gasteiger partial charge on any atom is 0.410 e. The van der Waals surface area contributed by atoms with E-state index in [0.29, 0.717) is 26.1 Å². The summed E-state index contributed by atoms with van der Waals surface area (Å²) in [7, 11) is 0. The summed E-state index contributed by atoms with van der Waals surface area (Å²) >= 11 is 0.